The van der Waals surface area contributed by atoms with Crippen LogP contribution in [-0.4, -0.2) is 48.7 Å². The van der Waals surface area contributed by atoms with E-state index in [0.717, 1.165) is 49.3 Å². The highest BCUT2D eigenvalue weighted by Gasteiger charge is 2.23. The van der Waals surface area contributed by atoms with E-state index in [1.165, 1.54) is 18.4 Å². The molecule has 1 fully saturated rings. The van der Waals surface area contributed by atoms with E-state index in [9.17, 15) is 0 Å². The molecule has 2 aliphatic rings. The van der Waals surface area contributed by atoms with E-state index in [2.05, 4.69) is 17.0 Å². The van der Waals surface area contributed by atoms with Crippen molar-refractivity contribution >= 4 is 16.9 Å². The van der Waals surface area contributed by atoms with Gasteiger partial charge in [-0.15, -0.1) is 0 Å². The van der Waals surface area contributed by atoms with Crippen LogP contribution in [0.15, 0.2) is 29.3 Å². The molecule has 1 unspecified atom stereocenters. The molecule has 1 atom stereocenters. The Morgan fingerprint density at radius 1 is 1.36 bits per heavy atom. The SMILES string of the molecule is COc1ccccc1CN(CC1CCCO1)C1=NCCCS1. The zero-order valence-electron chi connectivity index (χ0n) is 13.2. The van der Waals surface area contributed by atoms with E-state index in [1.54, 1.807) is 7.11 Å². The molecular weight excluding hydrogens is 296 g/mol. The van der Waals surface area contributed by atoms with Crippen molar-refractivity contribution in [3.8, 4) is 5.75 Å². The van der Waals surface area contributed by atoms with Crippen molar-refractivity contribution < 1.29 is 9.47 Å². The molecule has 120 valence electrons. The summed E-state index contributed by atoms with van der Waals surface area (Å²) in [5.74, 6) is 2.11. The molecule has 1 aromatic rings. The second-order valence-corrected chi connectivity index (χ2v) is 6.76. The number of rotatable bonds is 5. The lowest BCUT2D eigenvalue weighted by molar-refractivity contribution is 0.0904. The lowest BCUT2D eigenvalue weighted by Gasteiger charge is -2.30. The summed E-state index contributed by atoms with van der Waals surface area (Å²) in [4.78, 5) is 7.11. The molecular formula is C17H24N2O2S. The van der Waals surface area contributed by atoms with Gasteiger partial charge in [0.1, 0.15) is 5.75 Å². The van der Waals surface area contributed by atoms with E-state index in [1.807, 2.05) is 23.9 Å². The minimum atomic E-state index is 0.333. The van der Waals surface area contributed by atoms with Gasteiger partial charge >= 0.3 is 0 Å². The van der Waals surface area contributed by atoms with Gasteiger partial charge in [0.2, 0.25) is 0 Å². The van der Waals surface area contributed by atoms with Crippen molar-refractivity contribution in [2.45, 2.75) is 31.9 Å². The molecule has 0 spiro atoms. The lowest BCUT2D eigenvalue weighted by Crippen LogP contribution is -2.36. The van der Waals surface area contributed by atoms with Gasteiger partial charge in [-0.3, -0.25) is 4.99 Å². The molecule has 0 aliphatic carbocycles. The minimum absolute atomic E-state index is 0.333. The summed E-state index contributed by atoms with van der Waals surface area (Å²) >= 11 is 1.87. The van der Waals surface area contributed by atoms with Crippen LogP contribution in [0.5, 0.6) is 5.75 Å². The van der Waals surface area contributed by atoms with Crippen LogP contribution in [-0.2, 0) is 11.3 Å². The number of nitrogens with zero attached hydrogens (tertiary/aromatic N) is 2. The smallest absolute Gasteiger partial charge is 0.159 e. The molecule has 0 N–H and O–H groups in total. The third-order valence-corrected chi connectivity index (χ3v) is 5.19. The van der Waals surface area contributed by atoms with Gasteiger partial charge in [-0.1, -0.05) is 30.0 Å². The largest absolute Gasteiger partial charge is 0.496 e. The van der Waals surface area contributed by atoms with Gasteiger partial charge in [-0.25, -0.2) is 0 Å². The first-order valence-corrected chi connectivity index (χ1v) is 9.01. The van der Waals surface area contributed by atoms with Gasteiger partial charge in [-0.05, 0) is 25.3 Å². The third kappa shape index (κ3) is 3.96. The van der Waals surface area contributed by atoms with Crippen molar-refractivity contribution in [2.75, 3.05) is 32.6 Å². The second kappa shape index (κ2) is 7.88. The van der Waals surface area contributed by atoms with E-state index in [0.29, 0.717) is 6.10 Å². The molecule has 2 heterocycles. The first kappa shape index (κ1) is 15.7. The minimum Gasteiger partial charge on any atom is -0.496 e. The summed E-state index contributed by atoms with van der Waals surface area (Å²) in [6.07, 6.45) is 3.84. The highest BCUT2D eigenvalue weighted by Crippen LogP contribution is 2.25. The van der Waals surface area contributed by atoms with E-state index >= 15 is 0 Å². The predicted molar refractivity (Wildman–Crippen MR) is 91.8 cm³/mol. The number of hydrogen-bond acceptors (Lipinski definition) is 5. The van der Waals surface area contributed by atoms with Crippen LogP contribution < -0.4 is 4.74 Å². The summed E-state index contributed by atoms with van der Waals surface area (Å²) in [6, 6.07) is 8.24. The number of thioether (sulfide) groups is 1. The van der Waals surface area contributed by atoms with Crippen molar-refractivity contribution in [3.63, 3.8) is 0 Å². The number of methoxy groups -OCH3 is 1. The maximum absolute atomic E-state index is 5.83. The molecule has 0 amide bonds. The van der Waals surface area contributed by atoms with Gasteiger partial charge in [-0.2, -0.15) is 0 Å². The topological polar surface area (TPSA) is 34.1 Å². The highest BCUT2D eigenvalue weighted by atomic mass is 32.2. The Labute approximate surface area is 136 Å². The number of para-hydroxylation sites is 1. The van der Waals surface area contributed by atoms with Gasteiger partial charge in [0.05, 0.1) is 13.2 Å². The molecule has 22 heavy (non-hydrogen) atoms. The summed E-state index contributed by atoms with van der Waals surface area (Å²) in [5, 5.41) is 1.16. The number of amidine groups is 1. The van der Waals surface area contributed by atoms with Crippen molar-refractivity contribution in [1.29, 1.82) is 0 Å². The molecule has 4 nitrogen and oxygen atoms in total. The molecule has 0 bridgehead atoms. The van der Waals surface area contributed by atoms with E-state index in [4.69, 9.17) is 14.5 Å². The maximum Gasteiger partial charge on any atom is 0.159 e. The fourth-order valence-electron chi connectivity index (χ4n) is 2.92. The third-order valence-electron chi connectivity index (χ3n) is 4.05. The van der Waals surface area contributed by atoms with Crippen LogP contribution in [0.1, 0.15) is 24.8 Å². The Kier molecular flexibility index (Phi) is 5.62. The summed E-state index contributed by atoms with van der Waals surface area (Å²) in [7, 11) is 1.73. The average Bonchev–Trinajstić information content (AvgIpc) is 3.08. The number of aliphatic imine (C=N–C) groups is 1. The molecule has 0 saturated carbocycles. The van der Waals surface area contributed by atoms with Crippen molar-refractivity contribution in [2.24, 2.45) is 4.99 Å². The van der Waals surface area contributed by atoms with Gasteiger partial charge in [0.25, 0.3) is 0 Å². The molecule has 1 aromatic carbocycles. The molecule has 0 aromatic heterocycles. The van der Waals surface area contributed by atoms with E-state index in [-0.39, 0.29) is 0 Å². The second-order valence-electron chi connectivity index (χ2n) is 5.69. The first-order chi connectivity index (χ1) is 10.9. The van der Waals surface area contributed by atoms with Crippen LogP contribution in [0.2, 0.25) is 0 Å². The molecule has 3 rings (SSSR count). The normalized spacial score (nSPS) is 21.5. The highest BCUT2D eigenvalue weighted by molar-refractivity contribution is 8.13. The lowest BCUT2D eigenvalue weighted by atomic mass is 10.1. The summed E-state index contributed by atoms with van der Waals surface area (Å²) in [5.41, 5.74) is 1.21. The number of ether oxygens (including phenoxy) is 2. The quantitative estimate of drug-likeness (QED) is 0.834. The van der Waals surface area contributed by atoms with Crippen LogP contribution in [0.4, 0.5) is 0 Å². The Hall–Kier alpha value is -1.20. The summed E-state index contributed by atoms with van der Waals surface area (Å²) < 4.78 is 11.3. The van der Waals surface area contributed by atoms with Crippen LogP contribution in [0.3, 0.4) is 0 Å². The Bertz CT molecular complexity index is 515. The molecule has 0 radical (unpaired) electrons. The van der Waals surface area contributed by atoms with Crippen molar-refractivity contribution in [3.05, 3.63) is 29.8 Å². The molecule has 5 heteroatoms. The van der Waals surface area contributed by atoms with E-state index < -0.39 is 0 Å². The fraction of sp³-hybridized carbons (Fsp3) is 0.588. The first-order valence-electron chi connectivity index (χ1n) is 8.02. The van der Waals surface area contributed by atoms with Gasteiger partial charge in [0.15, 0.2) is 5.17 Å². The number of benzene rings is 1. The van der Waals surface area contributed by atoms with Gasteiger partial charge < -0.3 is 14.4 Å². The zero-order valence-corrected chi connectivity index (χ0v) is 14.0. The maximum atomic E-state index is 5.83. The fourth-order valence-corrected chi connectivity index (χ4v) is 3.88. The zero-order chi connectivity index (χ0) is 15.2. The Morgan fingerprint density at radius 3 is 3.00 bits per heavy atom. The van der Waals surface area contributed by atoms with Crippen LogP contribution >= 0.6 is 11.8 Å². The standard InChI is InChI=1S/C17H24N2O2S/c1-20-16-8-3-2-6-14(16)12-19(13-15-7-4-10-21-15)17-18-9-5-11-22-17/h2-3,6,8,15H,4-5,7,9-13H2,1H3. The average molecular weight is 320 g/mol. The van der Waals surface area contributed by atoms with Gasteiger partial charge in [0, 0.05) is 37.6 Å². The predicted octanol–water partition coefficient (Wildman–Crippen LogP) is 3.17. The molecule has 2 aliphatic heterocycles. The van der Waals surface area contributed by atoms with Crippen molar-refractivity contribution in [1.82, 2.24) is 4.90 Å². The van der Waals surface area contributed by atoms with Crippen LogP contribution in [0, 0.1) is 0 Å². The monoisotopic (exact) mass is 320 g/mol. The van der Waals surface area contributed by atoms with Crippen LogP contribution in [0.25, 0.3) is 0 Å². The summed E-state index contributed by atoms with van der Waals surface area (Å²) in [6.45, 7) is 3.59. The Morgan fingerprint density at radius 2 is 2.27 bits per heavy atom. The number of hydrogen-bond donors (Lipinski definition) is 0. The molecule has 1 saturated heterocycles. The Balaban J connectivity index is 1.76.